The Hall–Kier alpha value is -1.55. The molecule has 0 saturated carbocycles. The van der Waals surface area contributed by atoms with Gasteiger partial charge >= 0.3 is 6.03 Å². The number of rotatable bonds is 1. The van der Waals surface area contributed by atoms with Crippen LogP contribution in [0.1, 0.15) is 36.9 Å². The molecular weight excluding hydrogens is 250 g/mol. The van der Waals surface area contributed by atoms with E-state index in [0.29, 0.717) is 5.92 Å². The lowest BCUT2D eigenvalue weighted by molar-refractivity contribution is 0.165. The summed E-state index contributed by atoms with van der Waals surface area (Å²) in [4.78, 5) is 14.3. The van der Waals surface area contributed by atoms with Gasteiger partial charge in [0.2, 0.25) is 0 Å². The Morgan fingerprint density at radius 2 is 2.20 bits per heavy atom. The normalized spacial score (nSPS) is 29.1. The van der Waals surface area contributed by atoms with Crippen molar-refractivity contribution < 1.29 is 4.79 Å². The molecule has 1 aromatic rings. The molecule has 2 aliphatic rings. The van der Waals surface area contributed by atoms with Crippen molar-refractivity contribution in [2.45, 2.75) is 38.3 Å². The molecule has 3 atom stereocenters. The third-order valence-electron chi connectivity index (χ3n) is 4.50. The Bertz CT molecular complexity index is 502. The zero-order valence-corrected chi connectivity index (χ0v) is 12.0. The number of fused-ring (bicyclic) bond motifs is 1. The van der Waals surface area contributed by atoms with Gasteiger partial charge in [-0.15, -0.1) is 0 Å². The number of amides is 2. The van der Waals surface area contributed by atoms with Gasteiger partial charge in [-0.3, -0.25) is 0 Å². The van der Waals surface area contributed by atoms with Gasteiger partial charge in [-0.25, -0.2) is 4.79 Å². The van der Waals surface area contributed by atoms with E-state index in [1.165, 1.54) is 17.5 Å². The second-order valence-electron chi connectivity index (χ2n) is 6.19. The van der Waals surface area contributed by atoms with Crippen LogP contribution in [-0.2, 0) is 6.42 Å². The number of likely N-dealkylation sites (tertiary alicyclic amines) is 1. The van der Waals surface area contributed by atoms with Crippen molar-refractivity contribution in [2.24, 2.45) is 11.7 Å². The number of piperidine rings is 1. The Balaban J connectivity index is 1.70. The Morgan fingerprint density at radius 3 is 3.00 bits per heavy atom. The highest BCUT2D eigenvalue weighted by molar-refractivity contribution is 5.75. The SMILES string of the molecule is CC1CCCN(C(=O)NC2c3ccccc3CC2N)C1. The summed E-state index contributed by atoms with van der Waals surface area (Å²) in [5.41, 5.74) is 8.64. The molecule has 0 aromatic heterocycles. The molecule has 0 radical (unpaired) electrons. The number of urea groups is 1. The minimum absolute atomic E-state index is 0.0152. The number of carbonyl (C=O) groups excluding carboxylic acids is 1. The van der Waals surface area contributed by atoms with E-state index in [1.54, 1.807) is 0 Å². The van der Waals surface area contributed by atoms with Gasteiger partial charge in [-0.2, -0.15) is 0 Å². The summed E-state index contributed by atoms with van der Waals surface area (Å²) in [7, 11) is 0. The second-order valence-corrected chi connectivity index (χ2v) is 6.19. The molecule has 1 aliphatic heterocycles. The number of benzene rings is 1. The minimum atomic E-state index is -0.0454. The topological polar surface area (TPSA) is 58.4 Å². The molecule has 3 unspecified atom stereocenters. The fourth-order valence-corrected chi connectivity index (χ4v) is 3.41. The van der Waals surface area contributed by atoms with Crippen LogP contribution in [0.3, 0.4) is 0 Å². The van der Waals surface area contributed by atoms with Crippen molar-refractivity contribution in [1.82, 2.24) is 10.2 Å². The number of hydrogen-bond acceptors (Lipinski definition) is 2. The van der Waals surface area contributed by atoms with Gasteiger partial charge < -0.3 is 16.0 Å². The molecule has 1 aromatic carbocycles. The monoisotopic (exact) mass is 273 g/mol. The molecule has 3 rings (SSSR count). The van der Waals surface area contributed by atoms with Crippen LogP contribution in [-0.4, -0.2) is 30.1 Å². The van der Waals surface area contributed by atoms with Crippen molar-refractivity contribution in [1.29, 1.82) is 0 Å². The number of carbonyl (C=O) groups is 1. The Morgan fingerprint density at radius 1 is 1.40 bits per heavy atom. The molecular formula is C16H23N3O. The maximum absolute atomic E-state index is 12.4. The zero-order valence-electron chi connectivity index (χ0n) is 12.0. The Kier molecular flexibility index (Phi) is 3.66. The van der Waals surface area contributed by atoms with Crippen molar-refractivity contribution >= 4 is 6.03 Å². The van der Waals surface area contributed by atoms with Crippen LogP contribution in [0.4, 0.5) is 4.79 Å². The lowest BCUT2D eigenvalue weighted by Crippen LogP contribution is -2.48. The van der Waals surface area contributed by atoms with Crippen LogP contribution in [0.2, 0.25) is 0 Å². The van der Waals surface area contributed by atoms with Crippen molar-refractivity contribution in [3.8, 4) is 0 Å². The average Bonchev–Trinajstić information content (AvgIpc) is 2.75. The molecule has 4 nitrogen and oxygen atoms in total. The van der Waals surface area contributed by atoms with Gasteiger partial charge in [-0.05, 0) is 36.3 Å². The van der Waals surface area contributed by atoms with Gasteiger partial charge in [0.25, 0.3) is 0 Å². The van der Waals surface area contributed by atoms with Gasteiger partial charge in [0.1, 0.15) is 0 Å². The summed E-state index contributed by atoms with van der Waals surface area (Å²) in [6.45, 7) is 3.92. The number of nitrogens with zero attached hydrogens (tertiary/aromatic N) is 1. The van der Waals surface area contributed by atoms with Crippen LogP contribution in [0.25, 0.3) is 0 Å². The van der Waals surface area contributed by atoms with Crippen LogP contribution < -0.4 is 11.1 Å². The molecule has 1 heterocycles. The molecule has 20 heavy (non-hydrogen) atoms. The maximum atomic E-state index is 12.4. The zero-order chi connectivity index (χ0) is 14.1. The summed E-state index contributed by atoms with van der Waals surface area (Å²) >= 11 is 0. The summed E-state index contributed by atoms with van der Waals surface area (Å²) in [5, 5.41) is 3.14. The summed E-state index contributed by atoms with van der Waals surface area (Å²) in [6, 6.07) is 8.19. The van der Waals surface area contributed by atoms with E-state index in [2.05, 4.69) is 24.4 Å². The van der Waals surface area contributed by atoms with E-state index in [0.717, 1.165) is 25.9 Å². The predicted octanol–water partition coefficient (Wildman–Crippen LogP) is 2.05. The minimum Gasteiger partial charge on any atom is -0.330 e. The fraction of sp³-hybridized carbons (Fsp3) is 0.562. The highest BCUT2D eigenvalue weighted by Gasteiger charge is 2.32. The Labute approximate surface area is 120 Å². The summed E-state index contributed by atoms with van der Waals surface area (Å²) in [6.07, 6.45) is 3.16. The maximum Gasteiger partial charge on any atom is 0.317 e. The molecule has 1 aliphatic carbocycles. The molecule has 0 bridgehead atoms. The molecule has 0 spiro atoms. The standard InChI is InChI=1S/C16H23N3O/c1-11-5-4-8-19(10-11)16(20)18-15-13-7-3-2-6-12(13)9-14(15)17/h2-3,6-7,11,14-15H,4-5,8-10,17H2,1H3,(H,18,20). The van der Waals surface area contributed by atoms with Crippen molar-refractivity contribution in [3.63, 3.8) is 0 Å². The third-order valence-corrected chi connectivity index (χ3v) is 4.50. The largest absolute Gasteiger partial charge is 0.330 e. The van der Waals surface area contributed by atoms with E-state index >= 15 is 0 Å². The number of nitrogens with one attached hydrogen (secondary N) is 1. The van der Waals surface area contributed by atoms with Gasteiger partial charge in [0.15, 0.2) is 0 Å². The molecule has 108 valence electrons. The van der Waals surface area contributed by atoms with Crippen LogP contribution in [0.15, 0.2) is 24.3 Å². The van der Waals surface area contributed by atoms with Crippen LogP contribution >= 0.6 is 0 Å². The summed E-state index contributed by atoms with van der Waals surface area (Å²) < 4.78 is 0. The molecule has 3 N–H and O–H groups in total. The second kappa shape index (κ2) is 5.44. The predicted molar refractivity (Wildman–Crippen MR) is 79.4 cm³/mol. The highest BCUT2D eigenvalue weighted by atomic mass is 16.2. The van der Waals surface area contributed by atoms with Gasteiger partial charge in [0, 0.05) is 19.1 Å². The van der Waals surface area contributed by atoms with E-state index in [4.69, 9.17) is 5.73 Å². The molecule has 4 heteroatoms. The van der Waals surface area contributed by atoms with E-state index in [1.807, 2.05) is 17.0 Å². The first-order valence-electron chi connectivity index (χ1n) is 7.54. The molecule has 1 fully saturated rings. The summed E-state index contributed by atoms with van der Waals surface area (Å²) in [5.74, 6) is 0.596. The van der Waals surface area contributed by atoms with Crippen molar-refractivity contribution in [2.75, 3.05) is 13.1 Å². The lowest BCUT2D eigenvalue weighted by Gasteiger charge is -2.32. The fourth-order valence-electron chi connectivity index (χ4n) is 3.41. The van der Waals surface area contributed by atoms with Crippen molar-refractivity contribution in [3.05, 3.63) is 35.4 Å². The quantitative estimate of drug-likeness (QED) is 0.823. The highest BCUT2D eigenvalue weighted by Crippen LogP contribution is 2.30. The molecule has 2 amide bonds. The lowest BCUT2D eigenvalue weighted by atomic mass is 10.0. The van der Waals surface area contributed by atoms with E-state index in [-0.39, 0.29) is 18.1 Å². The van der Waals surface area contributed by atoms with E-state index in [9.17, 15) is 4.79 Å². The van der Waals surface area contributed by atoms with Gasteiger partial charge in [-0.1, -0.05) is 31.2 Å². The first-order valence-corrected chi connectivity index (χ1v) is 7.54. The smallest absolute Gasteiger partial charge is 0.317 e. The number of nitrogens with two attached hydrogens (primary N) is 1. The number of hydrogen-bond donors (Lipinski definition) is 2. The van der Waals surface area contributed by atoms with Crippen LogP contribution in [0, 0.1) is 5.92 Å². The van der Waals surface area contributed by atoms with Gasteiger partial charge in [0.05, 0.1) is 6.04 Å². The first-order chi connectivity index (χ1) is 9.65. The van der Waals surface area contributed by atoms with Crippen LogP contribution in [0.5, 0.6) is 0 Å². The van der Waals surface area contributed by atoms with E-state index < -0.39 is 0 Å². The average molecular weight is 273 g/mol. The first kappa shape index (κ1) is 13.4. The third kappa shape index (κ3) is 2.52. The molecule has 1 saturated heterocycles.